The molecule has 0 saturated carbocycles. The molecular weight excluding hydrogens is 256 g/mol. The van der Waals surface area contributed by atoms with E-state index in [1.165, 1.54) is 11.1 Å². The van der Waals surface area contributed by atoms with Crippen LogP contribution in [0.3, 0.4) is 0 Å². The number of anilines is 1. The van der Waals surface area contributed by atoms with E-state index in [2.05, 4.69) is 37.9 Å². The molecule has 0 spiro atoms. The van der Waals surface area contributed by atoms with Gasteiger partial charge < -0.3 is 16.4 Å². The number of nitrogens with two attached hydrogens (primary N) is 1. The summed E-state index contributed by atoms with van der Waals surface area (Å²) in [5.74, 6) is -0.0894. The molecule has 7 nitrogen and oxygen atoms in total. The topological polar surface area (TPSA) is 109 Å². The number of fused-ring (bicyclic) bond motifs is 1. The number of aromatic nitrogens is 3. The molecule has 3 rings (SSSR count). The highest BCUT2D eigenvalue weighted by molar-refractivity contribution is 5.90. The van der Waals surface area contributed by atoms with Crippen molar-refractivity contribution in [3.05, 3.63) is 41.2 Å². The van der Waals surface area contributed by atoms with Crippen molar-refractivity contribution in [3.63, 3.8) is 0 Å². The largest absolute Gasteiger partial charge is 0.366 e. The summed E-state index contributed by atoms with van der Waals surface area (Å²) >= 11 is 0. The quantitative estimate of drug-likeness (QED) is 0.620. The average molecular weight is 272 g/mol. The number of aromatic amines is 1. The third-order valence-electron chi connectivity index (χ3n) is 3.39. The Kier molecular flexibility index (Phi) is 3.34. The summed E-state index contributed by atoms with van der Waals surface area (Å²) in [5.41, 5.74) is 8.01. The highest BCUT2D eigenvalue weighted by Crippen LogP contribution is 2.15. The molecule has 0 bridgehead atoms. The summed E-state index contributed by atoms with van der Waals surface area (Å²) in [5, 5.41) is 12.3. The molecule has 20 heavy (non-hydrogen) atoms. The molecular formula is C13H16N6O. The minimum atomic E-state index is -0.296. The summed E-state index contributed by atoms with van der Waals surface area (Å²) in [6.07, 6.45) is 0.898. The van der Waals surface area contributed by atoms with E-state index in [1.54, 1.807) is 0 Å². The summed E-state index contributed by atoms with van der Waals surface area (Å²) in [6, 6.07) is 8.54. The Morgan fingerprint density at radius 1 is 1.40 bits per heavy atom. The minimum absolute atomic E-state index is 0.0693. The van der Waals surface area contributed by atoms with Gasteiger partial charge in [-0.1, -0.05) is 24.3 Å². The first-order valence-corrected chi connectivity index (χ1v) is 6.48. The third kappa shape index (κ3) is 2.62. The van der Waals surface area contributed by atoms with Gasteiger partial charge in [0.25, 0.3) is 5.91 Å². The Morgan fingerprint density at radius 3 is 2.95 bits per heavy atom. The van der Waals surface area contributed by atoms with Crippen LogP contribution in [0.4, 0.5) is 5.95 Å². The molecule has 1 amide bonds. The Balaban J connectivity index is 1.56. The maximum Gasteiger partial charge on any atom is 0.288 e. The molecule has 104 valence electrons. The highest BCUT2D eigenvalue weighted by atomic mass is 16.2. The van der Waals surface area contributed by atoms with E-state index in [0.717, 1.165) is 13.0 Å². The average Bonchev–Trinajstić information content (AvgIpc) is 2.91. The van der Waals surface area contributed by atoms with Gasteiger partial charge in [-0.2, -0.15) is 4.98 Å². The minimum Gasteiger partial charge on any atom is -0.366 e. The van der Waals surface area contributed by atoms with Crippen molar-refractivity contribution in [1.29, 1.82) is 0 Å². The van der Waals surface area contributed by atoms with Gasteiger partial charge >= 0.3 is 0 Å². The SMILES string of the molecule is Nc1n[nH]c(C(=O)NC[C@@H]2Cc3ccccc3CN2)n1. The first kappa shape index (κ1) is 12.6. The molecule has 0 radical (unpaired) electrons. The zero-order valence-corrected chi connectivity index (χ0v) is 10.9. The van der Waals surface area contributed by atoms with E-state index in [-0.39, 0.29) is 23.7 Å². The van der Waals surface area contributed by atoms with Gasteiger partial charge in [0.2, 0.25) is 11.8 Å². The third-order valence-corrected chi connectivity index (χ3v) is 3.39. The first-order chi connectivity index (χ1) is 9.72. The maximum absolute atomic E-state index is 11.8. The molecule has 1 aliphatic rings. The van der Waals surface area contributed by atoms with Crippen LogP contribution in [0, 0.1) is 0 Å². The zero-order chi connectivity index (χ0) is 13.9. The van der Waals surface area contributed by atoms with Gasteiger partial charge in [0.1, 0.15) is 0 Å². The van der Waals surface area contributed by atoms with Crippen molar-refractivity contribution in [2.24, 2.45) is 0 Å². The van der Waals surface area contributed by atoms with Crippen molar-refractivity contribution < 1.29 is 4.79 Å². The fourth-order valence-electron chi connectivity index (χ4n) is 2.34. The zero-order valence-electron chi connectivity index (χ0n) is 10.9. The van der Waals surface area contributed by atoms with Crippen molar-refractivity contribution in [2.75, 3.05) is 12.3 Å². The molecule has 2 aromatic rings. The van der Waals surface area contributed by atoms with E-state index < -0.39 is 0 Å². The van der Waals surface area contributed by atoms with Gasteiger partial charge in [0.05, 0.1) is 0 Å². The lowest BCUT2D eigenvalue weighted by Gasteiger charge is -2.26. The molecule has 1 aliphatic heterocycles. The molecule has 0 saturated heterocycles. The number of H-pyrrole nitrogens is 1. The Labute approximate surface area is 116 Å². The molecule has 1 aromatic heterocycles. The molecule has 5 N–H and O–H groups in total. The van der Waals surface area contributed by atoms with Gasteiger partial charge in [-0.05, 0) is 17.5 Å². The predicted octanol–water partition coefficient (Wildman–Crippen LogP) is -0.169. The number of hydrogen-bond donors (Lipinski definition) is 4. The lowest BCUT2D eigenvalue weighted by molar-refractivity contribution is 0.0939. The van der Waals surface area contributed by atoms with Crippen LogP contribution in [0.25, 0.3) is 0 Å². The molecule has 1 aromatic carbocycles. The van der Waals surface area contributed by atoms with Gasteiger partial charge in [-0.25, -0.2) is 0 Å². The van der Waals surface area contributed by atoms with Gasteiger partial charge in [0.15, 0.2) is 0 Å². The van der Waals surface area contributed by atoms with Crippen LogP contribution < -0.4 is 16.4 Å². The molecule has 0 unspecified atom stereocenters. The van der Waals surface area contributed by atoms with Gasteiger partial charge in [0, 0.05) is 19.1 Å². The van der Waals surface area contributed by atoms with Crippen LogP contribution in [0.1, 0.15) is 21.7 Å². The Bertz CT molecular complexity index is 623. The highest BCUT2D eigenvalue weighted by Gasteiger charge is 2.19. The first-order valence-electron chi connectivity index (χ1n) is 6.48. The van der Waals surface area contributed by atoms with Gasteiger partial charge in [-0.3, -0.25) is 9.89 Å². The van der Waals surface area contributed by atoms with Crippen LogP contribution in [-0.4, -0.2) is 33.7 Å². The number of rotatable bonds is 3. The number of carbonyl (C=O) groups is 1. The summed E-state index contributed by atoms with van der Waals surface area (Å²) < 4.78 is 0. The monoisotopic (exact) mass is 272 g/mol. The number of hydrogen-bond acceptors (Lipinski definition) is 5. The predicted molar refractivity (Wildman–Crippen MR) is 73.9 cm³/mol. The molecule has 0 aliphatic carbocycles. The second-order valence-electron chi connectivity index (χ2n) is 4.80. The van der Waals surface area contributed by atoms with Crippen LogP contribution in [-0.2, 0) is 13.0 Å². The number of carbonyl (C=O) groups excluding carboxylic acids is 1. The molecule has 1 atom stereocenters. The van der Waals surface area contributed by atoms with Crippen molar-refractivity contribution >= 4 is 11.9 Å². The molecule has 7 heteroatoms. The normalized spacial score (nSPS) is 17.5. The van der Waals surface area contributed by atoms with E-state index >= 15 is 0 Å². The van der Waals surface area contributed by atoms with Crippen molar-refractivity contribution in [1.82, 2.24) is 25.8 Å². The van der Waals surface area contributed by atoms with E-state index in [0.29, 0.717) is 6.54 Å². The maximum atomic E-state index is 11.8. The number of nitrogen functional groups attached to an aromatic ring is 1. The van der Waals surface area contributed by atoms with Crippen LogP contribution in [0.2, 0.25) is 0 Å². The van der Waals surface area contributed by atoms with Gasteiger partial charge in [-0.15, -0.1) is 5.10 Å². The smallest absolute Gasteiger partial charge is 0.288 e. The van der Waals surface area contributed by atoms with Crippen LogP contribution >= 0.6 is 0 Å². The molecule has 2 heterocycles. The van der Waals surface area contributed by atoms with Crippen LogP contribution in [0.15, 0.2) is 24.3 Å². The van der Waals surface area contributed by atoms with E-state index in [9.17, 15) is 4.79 Å². The van der Waals surface area contributed by atoms with Crippen LogP contribution in [0.5, 0.6) is 0 Å². The summed E-state index contributed by atoms with van der Waals surface area (Å²) in [6.45, 7) is 1.36. The Hall–Kier alpha value is -2.41. The molecule has 0 fully saturated rings. The lowest BCUT2D eigenvalue weighted by atomic mass is 9.96. The Morgan fingerprint density at radius 2 is 2.20 bits per heavy atom. The second-order valence-corrected chi connectivity index (χ2v) is 4.80. The summed E-state index contributed by atoms with van der Waals surface area (Å²) in [7, 11) is 0. The lowest BCUT2D eigenvalue weighted by Crippen LogP contribution is -2.44. The summed E-state index contributed by atoms with van der Waals surface area (Å²) in [4.78, 5) is 15.6. The standard InChI is InChI=1S/C13H16N6O/c14-13-17-11(18-19-13)12(20)16-7-10-5-8-3-1-2-4-9(8)6-15-10/h1-4,10,15H,5-7H2,(H,16,20)(H3,14,17,18,19)/t10-/m0/s1. The fraction of sp³-hybridized carbons (Fsp3) is 0.308. The number of amides is 1. The number of nitrogens with one attached hydrogen (secondary N) is 3. The van der Waals surface area contributed by atoms with Crippen molar-refractivity contribution in [3.8, 4) is 0 Å². The number of nitrogens with zero attached hydrogens (tertiary/aromatic N) is 2. The van der Waals surface area contributed by atoms with Crippen molar-refractivity contribution in [2.45, 2.75) is 19.0 Å². The fourth-order valence-corrected chi connectivity index (χ4v) is 2.34. The number of benzene rings is 1. The van der Waals surface area contributed by atoms with E-state index in [1.807, 2.05) is 12.1 Å². The van der Waals surface area contributed by atoms with E-state index in [4.69, 9.17) is 5.73 Å². The second kappa shape index (κ2) is 5.30.